The minimum Gasteiger partial charge on any atom is -0.481 e. The first kappa shape index (κ1) is 17.1. The summed E-state index contributed by atoms with van der Waals surface area (Å²) in [5, 5.41) is 13.3. The van der Waals surface area contributed by atoms with E-state index < -0.39 is 0 Å². The average Bonchev–Trinajstić information content (AvgIpc) is 3.29. The minimum absolute atomic E-state index is 0.402. The molecule has 0 bridgehead atoms. The van der Waals surface area contributed by atoms with E-state index in [0.717, 1.165) is 43.5 Å². The van der Waals surface area contributed by atoms with Crippen molar-refractivity contribution in [3.63, 3.8) is 0 Å². The molecule has 0 amide bonds. The number of piperidine rings is 1. The second kappa shape index (κ2) is 7.17. The summed E-state index contributed by atoms with van der Waals surface area (Å²) in [6.07, 6.45) is 9.43. The Bertz CT molecular complexity index is 926. The monoisotopic (exact) mass is 381 g/mol. The number of methoxy groups -OCH3 is 1. The van der Waals surface area contributed by atoms with Crippen LogP contribution in [0.4, 0.5) is 5.95 Å². The lowest BCUT2D eigenvalue weighted by Gasteiger charge is -2.31. The van der Waals surface area contributed by atoms with Gasteiger partial charge in [-0.15, -0.1) is 10.2 Å². The Kier molecular flexibility index (Phi) is 4.38. The molecule has 0 atom stereocenters. The summed E-state index contributed by atoms with van der Waals surface area (Å²) in [5.41, 5.74) is 0. The molecule has 0 N–H and O–H groups in total. The molecule has 10 heteroatoms. The highest BCUT2D eigenvalue weighted by molar-refractivity contribution is 5.33. The molecule has 1 saturated heterocycles. The van der Waals surface area contributed by atoms with E-state index in [9.17, 15) is 0 Å². The van der Waals surface area contributed by atoms with E-state index in [4.69, 9.17) is 4.74 Å². The van der Waals surface area contributed by atoms with Crippen molar-refractivity contribution in [1.29, 1.82) is 0 Å². The van der Waals surface area contributed by atoms with Gasteiger partial charge in [-0.05, 0) is 25.7 Å². The van der Waals surface area contributed by atoms with Crippen LogP contribution in [0.1, 0.15) is 49.3 Å². The molecule has 2 fully saturated rings. The van der Waals surface area contributed by atoms with E-state index in [2.05, 4.69) is 39.7 Å². The van der Waals surface area contributed by atoms with Crippen LogP contribution >= 0.6 is 0 Å². The van der Waals surface area contributed by atoms with Gasteiger partial charge in [0.2, 0.25) is 11.8 Å². The zero-order valence-corrected chi connectivity index (χ0v) is 15.8. The molecule has 0 unspecified atom stereocenters. The Morgan fingerprint density at radius 2 is 2.00 bits per heavy atom. The van der Waals surface area contributed by atoms with Crippen molar-refractivity contribution < 1.29 is 4.74 Å². The van der Waals surface area contributed by atoms with E-state index in [1.54, 1.807) is 36.7 Å². The van der Waals surface area contributed by atoms with Gasteiger partial charge in [-0.2, -0.15) is 10.1 Å². The predicted molar refractivity (Wildman–Crippen MR) is 100 cm³/mol. The van der Waals surface area contributed by atoms with Crippen LogP contribution in [0.15, 0.2) is 24.9 Å². The molecule has 10 nitrogen and oxygen atoms in total. The highest BCUT2D eigenvalue weighted by Crippen LogP contribution is 2.40. The zero-order valence-electron chi connectivity index (χ0n) is 15.8. The molecular weight excluding hydrogens is 358 g/mol. The summed E-state index contributed by atoms with van der Waals surface area (Å²) in [4.78, 5) is 15.1. The summed E-state index contributed by atoms with van der Waals surface area (Å²) in [6, 6.07) is 2.30. The second-order valence-electron chi connectivity index (χ2n) is 7.33. The van der Waals surface area contributed by atoms with Gasteiger partial charge in [-0.1, -0.05) is 0 Å². The summed E-state index contributed by atoms with van der Waals surface area (Å²) in [6.45, 7) is 2.40. The number of hydrogen-bond donors (Lipinski definition) is 0. The lowest BCUT2D eigenvalue weighted by atomic mass is 9.96. The molecule has 3 aromatic rings. The first-order valence-electron chi connectivity index (χ1n) is 9.70. The molecule has 146 valence electrons. The molecule has 0 aromatic carbocycles. The standard InChI is InChI=1S/C18H23N9O/c1-28-16-4-7-20-18(22-16)25-8-5-13(6-9-25)17-24-23-15(27(17)14-2-3-14)10-26-12-19-11-21-26/h4,7,11-14H,2-3,5-6,8-10H2,1H3. The predicted octanol–water partition coefficient (Wildman–Crippen LogP) is 1.44. The summed E-state index contributed by atoms with van der Waals surface area (Å²) in [5.74, 6) is 3.82. The van der Waals surface area contributed by atoms with E-state index in [1.165, 1.54) is 12.8 Å². The molecular formula is C18H23N9O. The van der Waals surface area contributed by atoms with Gasteiger partial charge in [0.05, 0.1) is 7.11 Å². The van der Waals surface area contributed by atoms with Crippen molar-refractivity contribution in [2.24, 2.45) is 0 Å². The van der Waals surface area contributed by atoms with Gasteiger partial charge in [0.25, 0.3) is 0 Å². The molecule has 2 aliphatic rings. The van der Waals surface area contributed by atoms with Crippen molar-refractivity contribution >= 4 is 5.95 Å². The smallest absolute Gasteiger partial charge is 0.228 e. The van der Waals surface area contributed by atoms with E-state index in [0.29, 0.717) is 24.4 Å². The highest BCUT2D eigenvalue weighted by atomic mass is 16.5. The molecule has 3 aromatic heterocycles. The normalized spacial score (nSPS) is 17.8. The Balaban J connectivity index is 1.31. The van der Waals surface area contributed by atoms with Crippen LogP contribution in [-0.4, -0.2) is 59.7 Å². The fraction of sp³-hybridized carbons (Fsp3) is 0.556. The number of hydrogen-bond acceptors (Lipinski definition) is 8. The van der Waals surface area contributed by atoms with Crippen LogP contribution in [0.25, 0.3) is 0 Å². The number of ether oxygens (including phenoxy) is 1. The molecule has 1 saturated carbocycles. The topological polar surface area (TPSA) is 99.7 Å². The number of rotatable bonds is 6. The summed E-state index contributed by atoms with van der Waals surface area (Å²) >= 11 is 0. The third-order valence-corrected chi connectivity index (χ3v) is 5.44. The van der Waals surface area contributed by atoms with Crippen LogP contribution in [0.2, 0.25) is 0 Å². The molecule has 0 radical (unpaired) electrons. The van der Waals surface area contributed by atoms with Gasteiger partial charge in [-0.3, -0.25) is 0 Å². The van der Waals surface area contributed by atoms with Crippen LogP contribution < -0.4 is 9.64 Å². The lowest BCUT2D eigenvalue weighted by molar-refractivity contribution is 0.395. The molecule has 1 aliphatic carbocycles. The SMILES string of the molecule is COc1ccnc(N2CCC(c3nnc(Cn4cncn4)n3C3CC3)CC2)n1. The van der Waals surface area contributed by atoms with Crippen molar-refractivity contribution in [3.05, 3.63) is 36.6 Å². The third kappa shape index (κ3) is 3.30. The molecule has 4 heterocycles. The maximum Gasteiger partial charge on any atom is 0.228 e. The van der Waals surface area contributed by atoms with E-state index in [1.807, 2.05) is 0 Å². The summed E-state index contributed by atoms with van der Waals surface area (Å²) < 4.78 is 9.37. The molecule has 0 spiro atoms. The van der Waals surface area contributed by atoms with Crippen LogP contribution in [0, 0.1) is 0 Å². The maximum absolute atomic E-state index is 5.22. The van der Waals surface area contributed by atoms with Gasteiger partial charge < -0.3 is 14.2 Å². The fourth-order valence-electron chi connectivity index (χ4n) is 3.85. The maximum atomic E-state index is 5.22. The Morgan fingerprint density at radius 1 is 1.14 bits per heavy atom. The van der Waals surface area contributed by atoms with Crippen LogP contribution in [-0.2, 0) is 6.54 Å². The van der Waals surface area contributed by atoms with Crippen molar-refractivity contribution in [3.8, 4) is 5.88 Å². The second-order valence-corrected chi connectivity index (χ2v) is 7.33. The first-order valence-corrected chi connectivity index (χ1v) is 9.70. The summed E-state index contributed by atoms with van der Waals surface area (Å²) in [7, 11) is 1.62. The highest BCUT2D eigenvalue weighted by Gasteiger charge is 2.34. The number of nitrogens with zero attached hydrogens (tertiary/aromatic N) is 9. The average molecular weight is 381 g/mol. The van der Waals surface area contributed by atoms with Crippen LogP contribution in [0.3, 0.4) is 0 Å². The first-order chi connectivity index (χ1) is 13.8. The quantitative estimate of drug-likeness (QED) is 0.632. The molecule has 1 aliphatic heterocycles. The van der Waals surface area contributed by atoms with Crippen molar-refractivity contribution in [2.45, 2.75) is 44.2 Å². The number of aromatic nitrogens is 8. The van der Waals surface area contributed by atoms with Gasteiger partial charge in [-0.25, -0.2) is 14.6 Å². The Morgan fingerprint density at radius 3 is 2.71 bits per heavy atom. The lowest BCUT2D eigenvalue weighted by Crippen LogP contribution is -2.35. The van der Waals surface area contributed by atoms with Gasteiger partial charge >= 0.3 is 0 Å². The number of anilines is 1. The van der Waals surface area contributed by atoms with Crippen LogP contribution in [0.5, 0.6) is 5.88 Å². The Labute approximate surface area is 162 Å². The van der Waals surface area contributed by atoms with Gasteiger partial charge in [0.15, 0.2) is 5.82 Å². The third-order valence-electron chi connectivity index (χ3n) is 5.44. The largest absolute Gasteiger partial charge is 0.481 e. The molecule has 28 heavy (non-hydrogen) atoms. The van der Waals surface area contributed by atoms with Crippen molar-refractivity contribution in [2.75, 3.05) is 25.1 Å². The van der Waals surface area contributed by atoms with E-state index in [-0.39, 0.29) is 0 Å². The van der Waals surface area contributed by atoms with E-state index >= 15 is 0 Å². The van der Waals surface area contributed by atoms with Gasteiger partial charge in [0.1, 0.15) is 25.0 Å². The minimum atomic E-state index is 0.402. The zero-order chi connectivity index (χ0) is 18.9. The van der Waals surface area contributed by atoms with Crippen molar-refractivity contribution in [1.82, 2.24) is 39.5 Å². The fourth-order valence-corrected chi connectivity index (χ4v) is 3.85. The molecule has 5 rings (SSSR count). The van der Waals surface area contributed by atoms with Gasteiger partial charge in [0, 0.05) is 37.3 Å². The Hall–Kier alpha value is -3.04.